The summed E-state index contributed by atoms with van der Waals surface area (Å²) < 4.78 is 6.34. The Balaban J connectivity index is 1.97. The van der Waals surface area contributed by atoms with Gasteiger partial charge in [0.2, 0.25) is 0 Å². The Bertz CT molecular complexity index is 635. The molecule has 2 N–H and O–H groups in total. The molecule has 2 aromatic rings. The Labute approximate surface area is 132 Å². The van der Waals surface area contributed by atoms with E-state index < -0.39 is 0 Å². The average Bonchev–Trinajstić information content (AvgIpc) is 2.55. The van der Waals surface area contributed by atoms with E-state index in [-0.39, 0.29) is 5.60 Å². The van der Waals surface area contributed by atoms with E-state index in [0.717, 1.165) is 43.1 Å². The molecule has 0 aliphatic carbocycles. The Morgan fingerprint density at radius 3 is 2.50 bits per heavy atom. The van der Waals surface area contributed by atoms with Crippen LogP contribution in [0.5, 0.6) is 5.75 Å². The fourth-order valence-electron chi connectivity index (χ4n) is 3.14. The lowest BCUT2D eigenvalue weighted by Gasteiger charge is -2.44. The van der Waals surface area contributed by atoms with Crippen LogP contribution in [-0.4, -0.2) is 12.1 Å². The zero-order chi connectivity index (χ0) is 15.6. The zero-order valence-electron chi connectivity index (χ0n) is 13.4. The Morgan fingerprint density at radius 2 is 1.82 bits per heavy atom. The van der Waals surface area contributed by atoms with E-state index in [1.807, 2.05) is 12.1 Å². The van der Waals surface area contributed by atoms with Crippen molar-refractivity contribution in [2.24, 2.45) is 0 Å². The summed E-state index contributed by atoms with van der Waals surface area (Å²) in [5, 5.41) is 0. The van der Waals surface area contributed by atoms with Crippen LogP contribution < -0.4 is 15.4 Å². The molecule has 0 spiro atoms. The van der Waals surface area contributed by atoms with Gasteiger partial charge < -0.3 is 15.4 Å². The van der Waals surface area contributed by atoms with Crippen molar-refractivity contribution < 1.29 is 4.74 Å². The first-order valence-corrected chi connectivity index (χ1v) is 8.03. The van der Waals surface area contributed by atoms with Crippen LogP contribution >= 0.6 is 0 Å². The third-order valence-electron chi connectivity index (χ3n) is 4.63. The summed E-state index contributed by atoms with van der Waals surface area (Å²) in [6.45, 7) is 6.19. The highest BCUT2D eigenvalue weighted by Gasteiger charge is 2.37. The highest BCUT2D eigenvalue weighted by molar-refractivity contribution is 5.66. The SMILES string of the molecule is CCC1(CC)CN(Cc2ccccc2)c2ccc(N)cc2O1. The van der Waals surface area contributed by atoms with Gasteiger partial charge in [-0.2, -0.15) is 0 Å². The second-order valence-corrected chi connectivity index (χ2v) is 6.06. The second-order valence-electron chi connectivity index (χ2n) is 6.06. The van der Waals surface area contributed by atoms with Gasteiger partial charge >= 0.3 is 0 Å². The minimum absolute atomic E-state index is 0.129. The predicted molar refractivity (Wildman–Crippen MR) is 92.3 cm³/mol. The maximum atomic E-state index is 6.34. The van der Waals surface area contributed by atoms with E-state index in [1.165, 1.54) is 5.56 Å². The quantitative estimate of drug-likeness (QED) is 0.858. The lowest BCUT2D eigenvalue weighted by Crippen LogP contribution is -2.50. The smallest absolute Gasteiger partial charge is 0.145 e. The maximum absolute atomic E-state index is 6.34. The molecule has 0 unspecified atom stereocenters. The van der Waals surface area contributed by atoms with Gasteiger partial charge in [0.1, 0.15) is 11.4 Å². The normalized spacial score (nSPS) is 16.0. The molecular weight excluding hydrogens is 272 g/mol. The Kier molecular flexibility index (Phi) is 3.97. The van der Waals surface area contributed by atoms with E-state index in [0.29, 0.717) is 0 Å². The standard InChI is InChI=1S/C19H24N2O/c1-3-19(4-2)14-21(13-15-8-6-5-7-9-15)17-11-10-16(20)12-18(17)22-19/h5-12H,3-4,13-14,20H2,1-2H3. The van der Waals surface area contributed by atoms with E-state index >= 15 is 0 Å². The van der Waals surface area contributed by atoms with Gasteiger partial charge in [-0.1, -0.05) is 44.2 Å². The lowest BCUT2D eigenvalue weighted by atomic mass is 9.93. The van der Waals surface area contributed by atoms with Crippen molar-refractivity contribution in [3.8, 4) is 5.75 Å². The fraction of sp³-hybridized carbons (Fsp3) is 0.368. The van der Waals surface area contributed by atoms with E-state index in [1.54, 1.807) is 0 Å². The molecule has 1 heterocycles. The van der Waals surface area contributed by atoms with E-state index in [2.05, 4.69) is 55.1 Å². The van der Waals surface area contributed by atoms with Crippen LogP contribution in [0.25, 0.3) is 0 Å². The van der Waals surface area contributed by atoms with Crippen LogP contribution in [0, 0.1) is 0 Å². The van der Waals surface area contributed by atoms with Crippen molar-refractivity contribution in [3.05, 3.63) is 54.1 Å². The van der Waals surface area contributed by atoms with Crippen LogP contribution in [0.3, 0.4) is 0 Å². The van der Waals surface area contributed by atoms with Gasteiger partial charge in [0.05, 0.1) is 12.2 Å². The van der Waals surface area contributed by atoms with Crippen molar-refractivity contribution in [2.75, 3.05) is 17.2 Å². The number of nitrogens with two attached hydrogens (primary N) is 1. The first kappa shape index (κ1) is 14.8. The summed E-state index contributed by atoms with van der Waals surface area (Å²) in [5.41, 5.74) is 9.02. The summed E-state index contributed by atoms with van der Waals surface area (Å²) in [4.78, 5) is 2.42. The Morgan fingerprint density at radius 1 is 1.09 bits per heavy atom. The topological polar surface area (TPSA) is 38.5 Å². The number of anilines is 2. The number of fused-ring (bicyclic) bond motifs is 1. The highest BCUT2D eigenvalue weighted by atomic mass is 16.5. The van der Waals surface area contributed by atoms with Gasteiger partial charge in [0, 0.05) is 18.3 Å². The largest absolute Gasteiger partial charge is 0.483 e. The van der Waals surface area contributed by atoms with Crippen molar-refractivity contribution in [3.63, 3.8) is 0 Å². The number of hydrogen-bond donors (Lipinski definition) is 1. The molecule has 0 radical (unpaired) electrons. The van der Waals surface area contributed by atoms with Crippen molar-refractivity contribution in [1.82, 2.24) is 0 Å². The lowest BCUT2D eigenvalue weighted by molar-refractivity contribution is 0.0571. The predicted octanol–water partition coefficient (Wildman–Crippen LogP) is 4.23. The van der Waals surface area contributed by atoms with Gasteiger partial charge in [0.25, 0.3) is 0 Å². The maximum Gasteiger partial charge on any atom is 0.145 e. The molecule has 0 saturated carbocycles. The molecule has 1 aliphatic rings. The van der Waals surface area contributed by atoms with Crippen molar-refractivity contribution in [2.45, 2.75) is 38.8 Å². The summed E-state index contributed by atoms with van der Waals surface area (Å²) >= 11 is 0. The molecule has 0 atom stereocenters. The summed E-state index contributed by atoms with van der Waals surface area (Å²) in [5.74, 6) is 0.908. The molecule has 0 bridgehead atoms. The minimum Gasteiger partial charge on any atom is -0.483 e. The van der Waals surface area contributed by atoms with Gasteiger partial charge in [-0.25, -0.2) is 0 Å². The van der Waals surface area contributed by atoms with E-state index in [9.17, 15) is 0 Å². The molecule has 0 saturated heterocycles. The van der Waals surface area contributed by atoms with Gasteiger partial charge in [-0.15, -0.1) is 0 Å². The number of rotatable bonds is 4. The Hall–Kier alpha value is -2.16. The molecular formula is C19H24N2O. The molecule has 3 heteroatoms. The number of hydrogen-bond acceptors (Lipinski definition) is 3. The molecule has 2 aromatic carbocycles. The number of nitrogens with zero attached hydrogens (tertiary/aromatic N) is 1. The average molecular weight is 296 g/mol. The highest BCUT2D eigenvalue weighted by Crippen LogP contribution is 2.41. The summed E-state index contributed by atoms with van der Waals surface area (Å²) in [6.07, 6.45) is 1.98. The van der Waals surface area contributed by atoms with Gasteiger partial charge in [0.15, 0.2) is 0 Å². The first-order valence-electron chi connectivity index (χ1n) is 8.03. The third kappa shape index (κ3) is 2.76. The van der Waals surface area contributed by atoms with Gasteiger partial charge in [-0.3, -0.25) is 0 Å². The van der Waals surface area contributed by atoms with Crippen LogP contribution in [-0.2, 0) is 6.54 Å². The number of ether oxygens (including phenoxy) is 1. The monoisotopic (exact) mass is 296 g/mol. The minimum atomic E-state index is -0.129. The van der Waals surface area contributed by atoms with Crippen molar-refractivity contribution >= 4 is 11.4 Å². The van der Waals surface area contributed by atoms with Gasteiger partial charge in [-0.05, 0) is 30.5 Å². The van der Waals surface area contributed by atoms with Crippen LogP contribution in [0.2, 0.25) is 0 Å². The number of nitrogen functional groups attached to an aromatic ring is 1. The van der Waals surface area contributed by atoms with Crippen LogP contribution in [0.15, 0.2) is 48.5 Å². The molecule has 1 aliphatic heterocycles. The second kappa shape index (κ2) is 5.91. The summed E-state index contributed by atoms with van der Waals surface area (Å²) in [7, 11) is 0. The molecule has 0 aromatic heterocycles. The third-order valence-corrected chi connectivity index (χ3v) is 4.63. The van der Waals surface area contributed by atoms with E-state index in [4.69, 9.17) is 10.5 Å². The molecule has 0 amide bonds. The van der Waals surface area contributed by atoms with Crippen molar-refractivity contribution in [1.29, 1.82) is 0 Å². The molecule has 0 fully saturated rings. The van der Waals surface area contributed by atoms with Crippen LogP contribution in [0.4, 0.5) is 11.4 Å². The first-order chi connectivity index (χ1) is 10.7. The fourth-order valence-corrected chi connectivity index (χ4v) is 3.14. The molecule has 116 valence electrons. The number of benzene rings is 2. The molecule has 22 heavy (non-hydrogen) atoms. The zero-order valence-corrected chi connectivity index (χ0v) is 13.4. The molecule has 3 nitrogen and oxygen atoms in total. The van der Waals surface area contributed by atoms with Crippen LogP contribution in [0.1, 0.15) is 32.3 Å². The summed E-state index contributed by atoms with van der Waals surface area (Å²) in [6, 6.07) is 16.6. The molecule has 3 rings (SSSR count).